The van der Waals surface area contributed by atoms with Gasteiger partial charge in [0, 0.05) is 55.6 Å². The molecule has 0 unspecified atom stereocenters. The average molecular weight is 465 g/mol. The van der Waals surface area contributed by atoms with Crippen molar-refractivity contribution >= 4 is 34.3 Å². The van der Waals surface area contributed by atoms with Crippen LogP contribution in [0.15, 0.2) is 53.3 Å². The average Bonchev–Trinajstić information content (AvgIpc) is 3.67. The molecule has 0 spiro atoms. The number of carbonyl (C=O) groups is 2. The highest BCUT2D eigenvalue weighted by atomic mass is 35.5. The van der Waals surface area contributed by atoms with E-state index in [0.717, 1.165) is 12.8 Å². The van der Waals surface area contributed by atoms with Crippen molar-refractivity contribution in [2.24, 2.45) is 0 Å². The van der Waals surface area contributed by atoms with E-state index in [-0.39, 0.29) is 23.4 Å². The molecule has 1 aromatic heterocycles. The molecule has 0 N–H and O–H groups in total. The molecule has 2 heterocycles. The zero-order valence-electron chi connectivity index (χ0n) is 18.2. The second-order valence-electron chi connectivity index (χ2n) is 8.63. The largest absolute Gasteiger partial charge is 0.339 e. The van der Waals surface area contributed by atoms with Crippen molar-refractivity contribution in [2.45, 2.75) is 31.7 Å². The lowest BCUT2D eigenvalue weighted by molar-refractivity contribution is -0.132. The van der Waals surface area contributed by atoms with Gasteiger partial charge in [-0.3, -0.25) is 19.0 Å². The molecule has 33 heavy (non-hydrogen) atoms. The van der Waals surface area contributed by atoms with Crippen LogP contribution in [-0.2, 0) is 11.2 Å². The molecule has 0 atom stereocenters. The lowest BCUT2D eigenvalue weighted by Gasteiger charge is -2.35. The lowest BCUT2D eigenvalue weighted by atomic mass is 10.1. The Morgan fingerprint density at radius 3 is 2.42 bits per heavy atom. The Bertz CT molecular complexity index is 1280. The predicted octanol–water partition coefficient (Wildman–Crippen LogP) is 3.30. The summed E-state index contributed by atoms with van der Waals surface area (Å²) in [5.74, 6) is 0.636. The third-order valence-electron chi connectivity index (χ3n) is 6.35. The first kappa shape index (κ1) is 21.6. The van der Waals surface area contributed by atoms with Crippen LogP contribution in [0.1, 0.15) is 41.5 Å². The molecule has 2 fully saturated rings. The molecule has 1 aliphatic carbocycles. The topological polar surface area (TPSA) is 75.5 Å². The third-order valence-corrected chi connectivity index (χ3v) is 6.58. The summed E-state index contributed by atoms with van der Waals surface area (Å²) in [4.78, 5) is 46.9. The number of nitrogens with zero attached hydrogens (tertiary/aromatic N) is 4. The van der Waals surface area contributed by atoms with Crippen LogP contribution in [-0.4, -0.2) is 57.3 Å². The van der Waals surface area contributed by atoms with Crippen molar-refractivity contribution < 1.29 is 9.59 Å². The molecule has 2 aliphatic rings. The molecule has 8 heteroatoms. The summed E-state index contributed by atoms with van der Waals surface area (Å²) < 4.78 is 1.79. The van der Waals surface area contributed by atoms with Crippen molar-refractivity contribution in [3.63, 3.8) is 0 Å². The van der Waals surface area contributed by atoms with Gasteiger partial charge in [0.25, 0.3) is 11.5 Å². The molecular weight excluding hydrogens is 440 g/mol. The van der Waals surface area contributed by atoms with Crippen LogP contribution in [0, 0.1) is 0 Å². The third kappa shape index (κ3) is 4.50. The van der Waals surface area contributed by atoms with Gasteiger partial charge in [-0.2, -0.15) is 0 Å². The minimum Gasteiger partial charge on any atom is -0.339 e. The van der Waals surface area contributed by atoms with Crippen molar-refractivity contribution in [3.8, 4) is 0 Å². The number of amides is 2. The highest BCUT2D eigenvalue weighted by molar-refractivity contribution is 6.30. The number of halogens is 1. The molecule has 5 rings (SSSR count). The Labute approximate surface area is 196 Å². The number of para-hydroxylation sites is 1. The number of hydrogen-bond donors (Lipinski definition) is 0. The number of benzene rings is 2. The summed E-state index contributed by atoms with van der Waals surface area (Å²) in [5.41, 5.74) is 1.22. The van der Waals surface area contributed by atoms with E-state index in [1.165, 1.54) is 0 Å². The van der Waals surface area contributed by atoms with E-state index in [1.807, 2.05) is 24.3 Å². The number of rotatable bonds is 5. The minimum atomic E-state index is -0.0709. The van der Waals surface area contributed by atoms with Gasteiger partial charge in [0.1, 0.15) is 5.82 Å². The molecule has 7 nitrogen and oxygen atoms in total. The summed E-state index contributed by atoms with van der Waals surface area (Å²) in [6.45, 7) is 1.95. The number of aryl methyl sites for hydroxylation is 1. The van der Waals surface area contributed by atoms with Gasteiger partial charge in [-0.05, 0) is 43.2 Å². The van der Waals surface area contributed by atoms with Gasteiger partial charge in [-0.15, -0.1) is 0 Å². The van der Waals surface area contributed by atoms with Crippen LogP contribution in [0.25, 0.3) is 10.9 Å². The Morgan fingerprint density at radius 1 is 0.970 bits per heavy atom. The van der Waals surface area contributed by atoms with Crippen LogP contribution >= 0.6 is 11.6 Å². The predicted molar refractivity (Wildman–Crippen MR) is 127 cm³/mol. The van der Waals surface area contributed by atoms with Crippen LogP contribution in [0.2, 0.25) is 5.02 Å². The maximum Gasteiger partial charge on any atom is 0.261 e. The number of piperazine rings is 1. The van der Waals surface area contributed by atoms with Crippen LogP contribution in [0.4, 0.5) is 0 Å². The quantitative estimate of drug-likeness (QED) is 0.580. The summed E-state index contributed by atoms with van der Waals surface area (Å²) >= 11 is 6.00. The Kier molecular flexibility index (Phi) is 5.89. The minimum absolute atomic E-state index is 0.0151. The highest BCUT2D eigenvalue weighted by Gasteiger charge is 2.29. The maximum absolute atomic E-state index is 13.0. The van der Waals surface area contributed by atoms with E-state index in [1.54, 1.807) is 38.6 Å². The smallest absolute Gasteiger partial charge is 0.261 e. The molecule has 0 bridgehead atoms. The molecule has 0 radical (unpaired) electrons. The van der Waals surface area contributed by atoms with E-state index >= 15 is 0 Å². The van der Waals surface area contributed by atoms with Gasteiger partial charge in [-0.1, -0.05) is 29.8 Å². The molecule has 1 aliphatic heterocycles. The normalized spacial score (nSPS) is 16.3. The Morgan fingerprint density at radius 2 is 1.70 bits per heavy atom. The van der Waals surface area contributed by atoms with Crippen molar-refractivity contribution in [1.82, 2.24) is 19.4 Å². The van der Waals surface area contributed by atoms with Gasteiger partial charge in [0.05, 0.1) is 10.9 Å². The molecule has 3 aromatic rings. The standard InChI is InChI=1S/C25H25ClN4O3/c26-18-5-3-4-17(16-18)24(32)29-14-12-28(13-15-29)23(31)11-10-22-27-21-7-2-1-6-20(21)25(33)30(22)19-8-9-19/h1-7,16,19H,8-15H2. The fraction of sp³-hybridized carbons (Fsp3) is 0.360. The zero-order chi connectivity index (χ0) is 22.9. The number of fused-ring (bicyclic) bond motifs is 1. The first-order valence-electron chi connectivity index (χ1n) is 11.3. The molecule has 2 amide bonds. The fourth-order valence-corrected chi connectivity index (χ4v) is 4.61. The monoisotopic (exact) mass is 464 g/mol. The van der Waals surface area contributed by atoms with Gasteiger partial charge in [-0.25, -0.2) is 4.98 Å². The zero-order valence-corrected chi connectivity index (χ0v) is 19.0. The first-order chi connectivity index (χ1) is 16.0. The Balaban J connectivity index is 1.23. The molecular formula is C25H25ClN4O3. The van der Waals surface area contributed by atoms with Crippen LogP contribution < -0.4 is 5.56 Å². The van der Waals surface area contributed by atoms with Crippen LogP contribution in [0.3, 0.4) is 0 Å². The number of hydrogen-bond acceptors (Lipinski definition) is 4. The summed E-state index contributed by atoms with van der Waals surface area (Å²) in [7, 11) is 0. The van der Waals surface area contributed by atoms with E-state index in [2.05, 4.69) is 0 Å². The SMILES string of the molecule is O=C(CCc1nc2ccccc2c(=O)n1C1CC1)N1CCN(C(=O)c2cccc(Cl)c2)CC1. The molecule has 1 saturated carbocycles. The molecule has 1 saturated heterocycles. The Hall–Kier alpha value is -3.19. The van der Waals surface area contributed by atoms with Gasteiger partial charge < -0.3 is 9.80 Å². The maximum atomic E-state index is 13.0. The van der Waals surface area contributed by atoms with Crippen molar-refractivity contribution in [2.75, 3.05) is 26.2 Å². The lowest BCUT2D eigenvalue weighted by Crippen LogP contribution is -2.50. The second kappa shape index (κ2) is 8.98. The van der Waals surface area contributed by atoms with E-state index < -0.39 is 0 Å². The first-order valence-corrected chi connectivity index (χ1v) is 11.7. The van der Waals surface area contributed by atoms with E-state index in [4.69, 9.17) is 16.6 Å². The summed E-state index contributed by atoms with van der Waals surface area (Å²) in [6, 6.07) is 14.5. The van der Waals surface area contributed by atoms with Gasteiger partial charge in [0.15, 0.2) is 0 Å². The molecule has 2 aromatic carbocycles. The van der Waals surface area contributed by atoms with Gasteiger partial charge >= 0.3 is 0 Å². The summed E-state index contributed by atoms with van der Waals surface area (Å²) in [5, 5.41) is 1.15. The second-order valence-corrected chi connectivity index (χ2v) is 9.07. The molecule has 170 valence electrons. The van der Waals surface area contributed by atoms with Crippen molar-refractivity contribution in [3.05, 3.63) is 75.3 Å². The van der Waals surface area contributed by atoms with Gasteiger partial charge in [0.2, 0.25) is 5.91 Å². The number of aromatic nitrogens is 2. The highest BCUT2D eigenvalue weighted by Crippen LogP contribution is 2.35. The van der Waals surface area contributed by atoms with E-state index in [9.17, 15) is 14.4 Å². The van der Waals surface area contributed by atoms with Crippen molar-refractivity contribution in [1.29, 1.82) is 0 Å². The van der Waals surface area contributed by atoms with Crippen LogP contribution in [0.5, 0.6) is 0 Å². The van der Waals surface area contributed by atoms with E-state index in [0.29, 0.717) is 66.3 Å². The fourth-order valence-electron chi connectivity index (χ4n) is 4.42. The summed E-state index contributed by atoms with van der Waals surface area (Å²) in [6.07, 6.45) is 2.67. The number of carbonyl (C=O) groups excluding carboxylic acids is 2.